The number of hydrogen-bond acceptors (Lipinski definition) is 5. The molecule has 0 spiro atoms. The summed E-state index contributed by atoms with van der Waals surface area (Å²) in [5, 5.41) is 7.34. The summed E-state index contributed by atoms with van der Waals surface area (Å²) in [6.07, 6.45) is 8.02. The molecule has 0 fully saturated rings. The largest absolute Gasteiger partial charge is 0.302 e. The maximum absolute atomic E-state index is 14.4. The van der Waals surface area contributed by atoms with Crippen molar-refractivity contribution in [2.45, 2.75) is 12.6 Å². The summed E-state index contributed by atoms with van der Waals surface area (Å²) in [4.78, 5) is 12.4. The van der Waals surface area contributed by atoms with Crippen LogP contribution in [-0.4, -0.2) is 24.7 Å². The predicted molar refractivity (Wildman–Crippen MR) is 98.4 cm³/mol. The molecule has 0 aliphatic carbocycles. The van der Waals surface area contributed by atoms with Crippen LogP contribution in [0.1, 0.15) is 22.7 Å². The number of nitrogens with one attached hydrogen (secondary N) is 1. The SMILES string of the molecule is Fc1ccc(C(NCc2ccc(-n3cncn3)nc2)c2cccnc2)c(F)c1. The van der Waals surface area contributed by atoms with Gasteiger partial charge in [0.1, 0.15) is 24.3 Å². The molecule has 3 heterocycles. The minimum absolute atomic E-state index is 0.349. The Morgan fingerprint density at radius 3 is 2.64 bits per heavy atom. The molecule has 0 saturated carbocycles. The van der Waals surface area contributed by atoms with E-state index in [1.54, 1.807) is 35.7 Å². The van der Waals surface area contributed by atoms with Crippen LogP contribution in [0.3, 0.4) is 0 Å². The van der Waals surface area contributed by atoms with Crippen molar-refractivity contribution in [3.8, 4) is 5.82 Å². The maximum Gasteiger partial charge on any atom is 0.155 e. The van der Waals surface area contributed by atoms with Gasteiger partial charge in [-0.15, -0.1) is 0 Å². The third-order valence-corrected chi connectivity index (χ3v) is 4.26. The van der Waals surface area contributed by atoms with Crippen molar-refractivity contribution in [2.75, 3.05) is 0 Å². The zero-order valence-corrected chi connectivity index (χ0v) is 14.7. The molecule has 6 nitrogen and oxygen atoms in total. The second-order valence-electron chi connectivity index (χ2n) is 6.13. The van der Waals surface area contributed by atoms with Crippen molar-refractivity contribution < 1.29 is 8.78 Å². The molecule has 4 aromatic rings. The first-order valence-corrected chi connectivity index (χ1v) is 8.59. The third-order valence-electron chi connectivity index (χ3n) is 4.26. The molecule has 1 atom stereocenters. The van der Waals surface area contributed by atoms with E-state index in [1.807, 2.05) is 18.2 Å². The Hall–Kier alpha value is -3.52. The molecule has 4 rings (SSSR count). The van der Waals surface area contributed by atoms with Crippen LogP contribution in [0, 0.1) is 11.6 Å². The van der Waals surface area contributed by atoms with E-state index in [-0.39, 0.29) is 0 Å². The standard InChI is InChI=1S/C20H16F2N6/c21-16-4-5-17(18(22)8-16)20(15-2-1-7-23-11-15)26-10-14-3-6-19(25-9-14)28-13-24-12-27-28/h1-9,11-13,20,26H,10H2. The fraction of sp³-hybridized carbons (Fsp3) is 0.100. The second-order valence-corrected chi connectivity index (χ2v) is 6.13. The summed E-state index contributed by atoms with van der Waals surface area (Å²) in [6, 6.07) is 10.4. The van der Waals surface area contributed by atoms with Crippen LogP contribution < -0.4 is 5.32 Å². The van der Waals surface area contributed by atoms with Crippen molar-refractivity contribution in [1.82, 2.24) is 30.0 Å². The number of halogens is 2. The van der Waals surface area contributed by atoms with Crippen LogP contribution in [0.15, 0.2) is 73.7 Å². The van der Waals surface area contributed by atoms with Gasteiger partial charge in [-0.3, -0.25) is 4.98 Å². The average Bonchev–Trinajstić information content (AvgIpc) is 3.26. The van der Waals surface area contributed by atoms with Gasteiger partial charge in [-0.25, -0.2) is 23.4 Å². The lowest BCUT2D eigenvalue weighted by Gasteiger charge is -2.20. The predicted octanol–water partition coefficient (Wildman–Crippen LogP) is 3.21. The van der Waals surface area contributed by atoms with Crippen molar-refractivity contribution in [1.29, 1.82) is 0 Å². The Kier molecular flexibility index (Phi) is 5.11. The lowest BCUT2D eigenvalue weighted by atomic mass is 9.99. The Morgan fingerprint density at radius 1 is 1.04 bits per heavy atom. The fourth-order valence-corrected chi connectivity index (χ4v) is 2.89. The van der Waals surface area contributed by atoms with Gasteiger partial charge in [0.2, 0.25) is 0 Å². The van der Waals surface area contributed by atoms with Crippen LogP contribution in [0.2, 0.25) is 0 Å². The highest BCUT2D eigenvalue weighted by Crippen LogP contribution is 2.25. The van der Waals surface area contributed by atoms with Gasteiger partial charge >= 0.3 is 0 Å². The van der Waals surface area contributed by atoms with Gasteiger partial charge in [0.05, 0.1) is 6.04 Å². The summed E-state index contributed by atoms with van der Waals surface area (Å²) in [6.45, 7) is 0.432. The lowest BCUT2D eigenvalue weighted by Crippen LogP contribution is -2.23. The van der Waals surface area contributed by atoms with Gasteiger partial charge in [0.15, 0.2) is 5.82 Å². The molecular formula is C20H16F2N6. The molecule has 3 aromatic heterocycles. The monoisotopic (exact) mass is 378 g/mol. The summed E-state index contributed by atoms with van der Waals surface area (Å²) in [5.74, 6) is -0.574. The number of rotatable bonds is 6. The van der Waals surface area contributed by atoms with Gasteiger partial charge in [-0.05, 0) is 29.3 Å². The number of pyridine rings is 2. The summed E-state index contributed by atoms with van der Waals surface area (Å²) >= 11 is 0. The molecule has 0 aliphatic rings. The molecular weight excluding hydrogens is 362 g/mol. The van der Waals surface area contributed by atoms with Crippen LogP contribution in [0.4, 0.5) is 8.78 Å². The molecule has 0 saturated heterocycles. The molecule has 0 amide bonds. The fourth-order valence-electron chi connectivity index (χ4n) is 2.89. The quantitative estimate of drug-likeness (QED) is 0.558. The molecule has 1 unspecified atom stereocenters. The van der Waals surface area contributed by atoms with Gasteiger partial charge < -0.3 is 5.32 Å². The van der Waals surface area contributed by atoms with Gasteiger partial charge in [0.25, 0.3) is 0 Å². The zero-order valence-electron chi connectivity index (χ0n) is 14.7. The van der Waals surface area contributed by atoms with Crippen LogP contribution in [0.25, 0.3) is 5.82 Å². The van der Waals surface area contributed by atoms with Crippen molar-refractivity contribution in [3.05, 3.63) is 102 Å². The summed E-state index contributed by atoms with van der Waals surface area (Å²) in [5.41, 5.74) is 2.03. The van der Waals surface area contributed by atoms with E-state index in [9.17, 15) is 8.78 Å². The van der Waals surface area contributed by atoms with Crippen molar-refractivity contribution in [3.63, 3.8) is 0 Å². The molecule has 0 aliphatic heterocycles. The summed E-state index contributed by atoms with van der Waals surface area (Å²) < 4.78 is 29.3. The van der Waals surface area contributed by atoms with E-state index >= 15 is 0 Å². The number of nitrogens with zero attached hydrogens (tertiary/aromatic N) is 5. The second kappa shape index (κ2) is 8.01. The smallest absolute Gasteiger partial charge is 0.155 e. The third kappa shape index (κ3) is 3.91. The highest BCUT2D eigenvalue weighted by Gasteiger charge is 2.18. The van der Waals surface area contributed by atoms with Crippen LogP contribution >= 0.6 is 0 Å². The van der Waals surface area contributed by atoms with Gasteiger partial charge in [0, 0.05) is 36.8 Å². The van der Waals surface area contributed by atoms with E-state index in [2.05, 4.69) is 25.4 Å². The lowest BCUT2D eigenvalue weighted by molar-refractivity contribution is 0.532. The molecule has 0 radical (unpaired) electrons. The van der Waals surface area contributed by atoms with Gasteiger partial charge in [-0.2, -0.15) is 5.10 Å². The molecule has 1 N–H and O–H groups in total. The minimum Gasteiger partial charge on any atom is -0.302 e. The Bertz CT molecular complexity index is 1040. The molecule has 1 aromatic carbocycles. The topological polar surface area (TPSA) is 68.5 Å². The molecule has 8 heteroatoms. The molecule has 28 heavy (non-hydrogen) atoms. The first-order valence-electron chi connectivity index (χ1n) is 8.59. The highest BCUT2D eigenvalue weighted by molar-refractivity contribution is 5.32. The average molecular weight is 378 g/mol. The van der Waals surface area contributed by atoms with Crippen LogP contribution in [-0.2, 0) is 6.54 Å². The van der Waals surface area contributed by atoms with Crippen LogP contribution in [0.5, 0.6) is 0 Å². The Labute approximate surface area is 159 Å². The van der Waals surface area contributed by atoms with E-state index in [0.29, 0.717) is 17.9 Å². The zero-order chi connectivity index (χ0) is 19.3. The van der Waals surface area contributed by atoms with E-state index in [1.165, 1.54) is 18.5 Å². The first-order chi connectivity index (χ1) is 13.7. The van der Waals surface area contributed by atoms with E-state index in [4.69, 9.17) is 0 Å². The van der Waals surface area contributed by atoms with Gasteiger partial charge in [-0.1, -0.05) is 18.2 Å². The molecule has 0 bridgehead atoms. The highest BCUT2D eigenvalue weighted by atomic mass is 19.1. The summed E-state index contributed by atoms with van der Waals surface area (Å²) in [7, 11) is 0. The Morgan fingerprint density at radius 2 is 1.96 bits per heavy atom. The number of aromatic nitrogens is 5. The minimum atomic E-state index is -0.612. The number of benzene rings is 1. The van der Waals surface area contributed by atoms with E-state index in [0.717, 1.165) is 17.2 Å². The van der Waals surface area contributed by atoms with Crippen molar-refractivity contribution in [2.24, 2.45) is 0 Å². The normalized spacial score (nSPS) is 12.1. The molecule has 140 valence electrons. The van der Waals surface area contributed by atoms with E-state index < -0.39 is 17.7 Å². The first kappa shape index (κ1) is 17.9. The maximum atomic E-state index is 14.4. The number of hydrogen-bond donors (Lipinski definition) is 1. The Balaban J connectivity index is 1.56. The van der Waals surface area contributed by atoms with Crippen molar-refractivity contribution >= 4 is 0 Å².